The van der Waals surface area contributed by atoms with Crippen molar-refractivity contribution in [1.29, 1.82) is 0 Å². The molecule has 1 atom stereocenters. The summed E-state index contributed by atoms with van der Waals surface area (Å²) in [6, 6.07) is 0. The summed E-state index contributed by atoms with van der Waals surface area (Å²) < 4.78 is 20.9. The van der Waals surface area contributed by atoms with Crippen LogP contribution in [0.4, 0.5) is 0 Å². The second-order valence-electron chi connectivity index (χ2n) is 8.70. The molecule has 0 heterocycles. The number of ether oxygens (including phenoxy) is 4. The molecule has 5 heteroatoms. The van der Waals surface area contributed by atoms with Crippen LogP contribution in [0.1, 0.15) is 71.6 Å². The summed E-state index contributed by atoms with van der Waals surface area (Å²) in [5, 5.41) is 0. The smallest absolute Gasteiger partial charge is 0.135 e. The van der Waals surface area contributed by atoms with Crippen molar-refractivity contribution in [2.24, 2.45) is 11.8 Å². The standard InChI is InChI=1S/C26H48O5/c1-22(2)24(4)20-23(3)11-12-25(10-8-7-9-14-30-18-16-28-5)21-26(27)13-15-31-19-17-29-6/h22,25H,3-4,7-21H2,1-2,5-6H3. The van der Waals surface area contributed by atoms with Crippen molar-refractivity contribution >= 4 is 5.78 Å². The van der Waals surface area contributed by atoms with Crippen LogP contribution < -0.4 is 0 Å². The van der Waals surface area contributed by atoms with E-state index in [4.69, 9.17) is 18.9 Å². The molecular formula is C26H48O5. The first-order chi connectivity index (χ1) is 14.9. The first-order valence-electron chi connectivity index (χ1n) is 11.9. The first-order valence-corrected chi connectivity index (χ1v) is 11.9. The number of carbonyl (C=O) groups excluding carboxylic acids is 1. The van der Waals surface area contributed by atoms with E-state index in [9.17, 15) is 4.79 Å². The molecule has 0 amide bonds. The van der Waals surface area contributed by atoms with Gasteiger partial charge in [-0.15, -0.1) is 0 Å². The largest absolute Gasteiger partial charge is 0.382 e. The molecule has 0 saturated heterocycles. The molecule has 0 fully saturated rings. The third-order valence-corrected chi connectivity index (χ3v) is 5.51. The fourth-order valence-electron chi connectivity index (χ4n) is 3.28. The van der Waals surface area contributed by atoms with E-state index in [-0.39, 0.29) is 0 Å². The molecule has 5 nitrogen and oxygen atoms in total. The van der Waals surface area contributed by atoms with E-state index in [1.807, 2.05) is 0 Å². The highest BCUT2D eigenvalue weighted by atomic mass is 16.5. The van der Waals surface area contributed by atoms with Crippen LogP contribution in [-0.2, 0) is 23.7 Å². The average molecular weight is 441 g/mol. The van der Waals surface area contributed by atoms with Gasteiger partial charge >= 0.3 is 0 Å². The topological polar surface area (TPSA) is 54.0 Å². The number of ketones is 1. The van der Waals surface area contributed by atoms with Gasteiger partial charge in [-0.25, -0.2) is 0 Å². The number of hydrogen-bond donors (Lipinski definition) is 0. The van der Waals surface area contributed by atoms with Gasteiger partial charge in [-0.3, -0.25) is 4.79 Å². The van der Waals surface area contributed by atoms with Crippen LogP contribution in [0.15, 0.2) is 24.3 Å². The van der Waals surface area contributed by atoms with Crippen molar-refractivity contribution < 1.29 is 23.7 Å². The minimum Gasteiger partial charge on any atom is -0.382 e. The van der Waals surface area contributed by atoms with E-state index >= 15 is 0 Å². The Balaban J connectivity index is 4.32. The number of hydrogen-bond acceptors (Lipinski definition) is 5. The number of Topliss-reactive ketones (excluding diaryl/α,β-unsaturated/α-hetero) is 1. The summed E-state index contributed by atoms with van der Waals surface area (Å²) >= 11 is 0. The Morgan fingerprint density at radius 2 is 1.42 bits per heavy atom. The van der Waals surface area contributed by atoms with Crippen molar-refractivity contribution in [3.8, 4) is 0 Å². The summed E-state index contributed by atoms with van der Waals surface area (Å²) in [4.78, 5) is 12.5. The molecule has 0 saturated carbocycles. The maximum Gasteiger partial charge on any atom is 0.135 e. The zero-order valence-electron chi connectivity index (χ0n) is 20.7. The number of rotatable bonds is 23. The Morgan fingerprint density at radius 1 is 0.774 bits per heavy atom. The van der Waals surface area contributed by atoms with E-state index in [0.717, 1.165) is 51.6 Å². The van der Waals surface area contributed by atoms with Crippen LogP contribution in [-0.4, -0.2) is 59.6 Å². The van der Waals surface area contributed by atoms with Gasteiger partial charge in [0.25, 0.3) is 0 Å². The minimum absolute atomic E-state index is 0.294. The molecule has 0 aromatic heterocycles. The Hall–Kier alpha value is -1.01. The van der Waals surface area contributed by atoms with Gasteiger partial charge in [-0.2, -0.15) is 0 Å². The molecule has 0 rings (SSSR count). The molecule has 0 aliphatic heterocycles. The van der Waals surface area contributed by atoms with Gasteiger partial charge < -0.3 is 18.9 Å². The Morgan fingerprint density at radius 3 is 2.03 bits per heavy atom. The van der Waals surface area contributed by atoms with E-state index in [1.165, 1.54) is 11.1 Å². The molecule has 0 aliphatic rings. The van der Waals surface area contributed by atoms with Crippen molar-refractivity contribution in [2.75, 3.05) is 53.9 Å². The highest BCUT2D eigenvalue weighted by Gasteiger charge is 2.15. The molecule has 0 aliphatic carbocycles. The summed E-state index contributed by atoms with van der Waals surface area (Å²) in [6.07, 6.45) is 8.38. The van der Waals surface area contributed by atoms with Crippen molar-refractivity contribution in [2.45, 2.75) is 71.6 Å². The number of allylic oxidation sites excluding steroid dienone is 2. The summed E-state index contributed by atoms with van der Waals surface area (Å²) in [5.74, 6) is 1.19. The third kappa shape index (κ3) is 19.4. The van der Waals surface area contributed by atoms with Crippen LogP contribution in [0.3, 0.4) is 0 Å². The van der Waals surface area contributed by atoms with Crippen molar-refractivity contribution in [1.82, 2.24) is 0 Å². The normalized spacial score (nSPS) is 12.3. The fraction of sp³-hybridized carbons (Fsp3) is 0.808. The van der Waals surface area contributed by atoms with Gasteiger partial charge in [0.2, 0.25) is 0 Å². The molecule has 0 spiro atoms. The quantitative estimate of drug-likeness (QED) is 0.149. The lowest BCUT2D eigenvalue weighted by Crippen LogP contribution is -2.13. The zero-order chi connectivity index (χ0) is 23.3. The van der Waals surface area contributed by atoms with Crippen LogP contribution in [0, 0.1) is 11.8 Å². The van der Waals surface area contributed by atoms with Gasteiger partial charge in [0.05, 0.1) is 33.0 Å². The molecule has 182 valence electrons. The van der Waals surface area contributed by atoms with Crippen LogP contribution in [0.2, 0.25) is 0 Å². The molecule has 31 heavy (non-hydrogen) atoms. The fourth-order valence-corrected chi connectivity index (χ4v) is 3.28. The Bertz CT molecular complexity index is 472. The van der Waals surface area contributed by atoms with E-state index in [1.54, 1.807) is 14.2 Å². The second kappa shape index (κ2) is 20.9. The summed E-state index contributed by atoms with van der Waals surface area (Å²) in [7, 11) is 3.33. The van der Waals surface area contributed by atoms with E-state index in [2.05, 4.69) is 27.0 Å². The zero-order valence-corrected chi connectivity index (χ0v) is 20.7. The van der Waals surface area contributed by atoms with Gasteiger partial charge in [-0.1, -0.05) is 57.4 Å². The maximum atomic E-state index is 12.5. The molecule has 1 unspecified atom stereocenters. The van der Waals surface area contributed by atoms with E-state index in [0.29, 0.717) is 63.5 Å². The first kappa shape index (κ1) is 30.0. The summed E-state index contributed by atoms with van der Waals surface area (Å²) in [5.41, 5.74) is 2.46. The van der Waals surface area contributed by atoms with Gasteiger partial charge in [0, 0.05) is 33.7 Å². The predicted octanol–water partition coefficient (Wildman–Crippen LogP) is 5.78. The highest BCUT2D eigenvalue weighted by molar-refractivity contribution is 5.78. The van der Waals surface area contributed by atoms with Crippen molar-refractivity contribution in [3.05, 3.63) is 24.3 Å². The Labute approximate surface area is 191 Å². The molecule has 0 N–H and O–H groups in total. The number of methoxy groups -OCH3 is 2. The summed E-state index contributed by atoms with van der Waals surface area (Å²) in [6.45, 7) is 16.4. The van der Waals surface area contributed by atoms with E-state index < -0.39 is 0 Å². The van der Waals surface area contributed by atoms with Gasteiger partial charge in [-0.05, 0) is 37.5 Å². The lowest BCUT2D eigenvalue weighted by atomic mass is 9.87. The monoisotopic (exact) mass is 440 g/mol. The van der Waals surface area contributed by atoms with Crippen LogP contribution in [0.5, 0.6) is 0 Å². The van der Waals surface area contributed by atoms with Gasteiger partial charge in [0.1, 0.15) is 5.78 Å². The van der Waals surface area contributed by atoms with Crippen LogP contribution >= 0.6 is 0 Å². The lowest BCUT2D eigenvalue weighted by Gasteiger charge is -2.18. The SMILES string of the molecule is C=C(CCC(CCCCCOCCOC)CC(=O)CCOCCOC)CC(=C)C(C)C. The van der Waals surface area contributed by atoms with Gasteiger partial charge in [0.15, 0.2) is 0 Å². The minimum atomic E-state index is 0.294. The average Bonchev–Trinajstić information content (AvgIpc) is 2.73. The molecule has 0 bridgehead atoms. The maximum absolute atomic E-state index is 12.5. The molecule has 0 radical (unpaired) electrons. The number of unbranched alkanes of at least 4 members (excludes halogenated alkanes) is 2. The number of carbonyl (C=O) groups is 1. The third-order valence-electron chi connectivity index (χ3n) is 5.51. The Kier molecular flexibility index (Phi) is 20.2. The predicted molar refractivity (Wildman–Crippen MR) is 129 cm³/mol. The molecule has 0 aromatic carbocycles. The second-order valence-corrected chi connectivity index (χ2v) is 8.70. The molecule has 0 aromatic rings. The van der Waals surface area contributed by atoms with Crippen molar-refractivity contribution in [3.63, 3.8) is 0 Å². The molecular weight excluding hydrogens is 392 g/mol. The van der Waals surface area contributed by atoms with Crippen LogP contribution in [0.25, 0.3) is 0 Å². The highest BCUT2D eigenvalue weighted by Crippen LogP contribution is 2.25. The lowest BCUT2D eigenvalue weighted by molar-refractivity contribution is -0.121.